The summed E-state index contributed by atoms with van der Waals surface area (Å²) in [5.41, 5.74) is 0.927. The van der Waals surface area contributed by atoms with Crippen molar-refractivity contribution in [2.45, 2.75) is 6.54 Å². The Morgan fingerprint density at radius 2 is 2.04 bits per heavy atom. The van der Waals surface area contributed by atoms with E-state index in [0.29, 0.717) is 31.2 Å². The van der Waals surface area contributed by atoms with Crippen LogP contribution in [0.15, 0.2) is 47.3 Å². The number of furan rings is 1. The van der Waals surface area contributed by atoms with Crippen molar-refractivity contribution in [2.24, 2.45) is 0 Å². The van der Waals surface area contributed by atoms with E-state index in [0.717, 1.165) is 5.56 Å². The number of amides is 1. The molecule has 1 heterocycles. The van der Waals surface area contributed by atoms with Crippen molar-refractivity contribution in [1.82, 2.24) is 4.90 Å². The molecule has 0 N–H and O–H groups in total. The van der Waals surface area contributed by atoms with Gasteiger partial charge in [0.1, 0.15) is 11.5 Å². The summed E-state index contributed by atoms with van der Waals surface area (Å²) < 4.78 is 20.8. The number of nitrogens with zero attached hydrogens (tertiary/aromatic N) is 1. The van der Waals surface area contributed by atoms with E-state index < -0.39 is 0 Å². The Bertz CT molecular complexity index is 597. The number of methoxy groups -OCH3 is 2. The third-order valence-corrected chi connectivity index (χ3v) is 3.28. The Hall–Kier alpha value is -2.47. The van der Waals surface area contributed by atoms with E-state index in [1.807, 2.05) is 18.2 Å². The molecule has 6 heteroatoms. The average Bonchev–Trinajstić information content (AvgIpc) is 3.09. The van der Waals surface area contributed by atoms with Gasteiger partial charge in [0.2, 0.25) is 0 Å². The third-order valence-electron chi connectivity index (χ3n) is 3.28. The average molecular weight is 319 g/mol. The van der Waals surface area contributed by atoms with E-state index in [1.54, 1.807) is 43.8 Å². The standard InChI is InChI=1S/C17H21NO5/c1-20-9-7-18(11-14-6-8-22-12-14)17(19)13-23-16-5-3-4-15(10-16)21-2/h3-6,8,10,12H,7,9,11,13H2,1-2H3. The van der Waals surface area contributed by atoms with Crippen LogP contribution in [-0.4, -0.2) is 44.8 Å². The van der Waals surface area contributed by atoms with Crippen LogP contribution in [0.2, 0.25) is 0 Å². The zero-order valence-corrected chi connectivity index (χ0v) is 13.4. The molecule has 1 aromatic carbocycles. The van der Waals surface area contributed by atoms with E-state index in [9.17, 15) is 4.79 Å². The summed E-state index contributed by atoms with van der Waals surface area (Å²) in [5.74, 6) is 1.16. The van der Waals surface area contributed by atoms with Crippen LogP contribution < -0.4 is 9.47 Å². The molecule has 0 bridgehead atoms. The Kier molecular flexibility index (Phi) is 6.50. The van der Waals surface area contributed by atoms with Gasteiger partial charge in [0.15, 0.2) is 6.61 Å². The fraction of sp³-hybridized carbons (Fsp3) is 0.353. The van der Waals surface area contributed by atoms with Crippen molar-refractivity contribution < 1.29 is 23.4 Å². The van der Waals surface area contributed by atoms with Crippen LogP contribution in [0.25, 0.3) is 0 Å². The number of ether oxygens (including phenoxy) is 3. The maximum absolute atomic E-state index is 12.4. The predicted molar refractivity (Wildman–Crippen MR) is 84.5 cm³/mol. The highest BCUT2D eigenvalue weighted by molar-refractivity contribution is 5.77. The molecule has 0 saturated heterocycles. The maximum atomic E-state index is 12.4. The quantitative estimate of drug-likeness (QED) is 0.710. The summed E-state index contributed by atoms with van der Waals surface area (Å²) in [4.78, 5) is 14.1. The Labute approximate surface area is 135 Å². The second kappa shape index (κ2) is 8.85. The third kappa shape index (κ3) is 5.34. The number of benzene rings is 1. The number of carbonyl (C=O) groups is 1. The first-order valence-corrected chi connectivity index (χ1v) is 7.27. The molecule has 0 radical (unpaired) electrons. The van der Waals surface area contributed by atoms with E-state index in [1.165, 1.54) is 0 Å². The molecule has 2 aromatic rings. The van der Waals surface area contributed by atoms with Gasteiger partial charge in [-0.15, -0.1) is 0 Å². The van der Waals surface area contributed by atoms with Crippen LogP contribution in [0.3, 0.4) is 0 Å². The Morgan fingerprint density at radius 3 is 2.74 bits per heavy atom. The fourth-order valence-electron chi connectivity index (χ4n) is 2.02. The highest BCUT2D eigenvalue weighted by Crippen LogP contribution is 2.19. The summed E-state index contributed by atoms with van der Waals surface area (Å²) >= 11 is 0. The maximum Gasteiger partial charge on any atom is 0.260 e. The highest BCUT2D eigenvalue weighted by Gasteiger charge is 2.15. The molecule has 0 atom stereocenters. The van der Waals surface area contributed by atoms with Crippen molar-refractivity contribution in [1.29, 1.82) is 0 Å². The molecule has 6 nitrogen and oxygen atoms in total. The minimum Gasteiger partial charge on any atom is -0.497 e. The summed E-state index contributed by atoms with van der Waals surface area (Å²) in [7, 11) is 3.19. The predicted octanol–water partition coefficient (Wildman–Crippen LogP) is 2.34. The van der Waals surface area contributed by atoms with E-state index in [-0.39, 0.29) is 12.5 Å². The van der Waals surface area contributed by atoms with Crippen molar-refractivity contribution in [3.05, 3.63) is 48.4 Å². The highest BCUT2D eigenvalue weighted by atomic mass is 16.5. The van der Waals surface area contributed by atoms with Crippen LogP contribution in [0, 0.1) is 0 Å². The topological polar surface area (TPSA) is 61.1 Å². The molecule has 2 rings (SSSR count). The minimum absolute atomic E-state index is 0.0469. The first kappa shape index (κ1) is 16.9. The molecular weight excluding hydrogens is 298 g/mol. The van der Waals surface area contributed by atoms with Crippen LogP contribution in [0.4, 0.5) is 0 Å². The smallest absolute Gasteiger partial charge is 0.260 e. The molecule has 0 aliphatic rings. The monoisotopic (exact) mass is 319 g/mol. The van der Waals surface area contributed by atoms with Crippen LogP contribution in [-0.2, 0) is 16.1 Å². The van der Waals surface area contributed by atoms with Gasteiger partial charge in [0.05, 0.1) is 26.2 Å². The fourth-order valence-corrected chi connectivity index (χ4v) is 2.02. The van der Waals surface area contributed by atoms with Gasteiger partial charge in [0, 0.05) is 31.8 Å². The van der Waals surface area contributed by atoms with Gasteiger partial charge >= 0.3 is 0 Å². The van der Waals surface area contributed by atoms with Crippen molar-refractivity contribution in [3.63, 3.8) is 0 Å². The second-order valence-corrected chi connectivity index (χ2v) is 4.91. The van der Waals surface area contributed by atoms with Gasteiger partial charge < -0.3 is 23.5 Å². The number of carbonyl (C=O) groups excluding carboxylic acids is 1. The summed E-state index contributed by atoms with van der Waals surface area (Å²) in [5, 5.41) is 0. The van der Waals surface area contributed by atoms with Gasteiger partial charge in [0.25, 0.3) is 5.91 Å². The van der Waals surface area contributed by atoms with Gasteiger partial charge in [-0.3, -0.25) is 4.79 Å². The lowest BCUT2D eigenvalue weighted by Crippen LogP contribution is -2.36. The van der Waals surface area contributed by atoms with Crippen molar-refractivity contribution in [3.8, 4) is 11.5 Å². The lowest BCUT2D eigenvalue weighted by Gasteiger charge is -2.22. The molecule has 0 spiro atoms. The second-order valence-electron chi connectivity index (χ2n) is 4.91. The molecule has 0 aliphatic carbocycles. The van der Waals surface area contributed by atoms with Gasteiger partial charge in [-0.25, -0.2) is 0 Å². The lowest BCUT2D eigenvalue weighted by atomic mass is 10.3. The van der Waals surface area contributed by atoms with Gasteiger partial charge in [-0.1, -0.05) is 6.07 Å². The van der Waals surface area contributed by atoms with E-state index in [2.05, 4.69) is 0 Å². The molecule has 1 amide bonds. The van der Waals surface area contributed by atoms with E-state index >= 15 is 0 Å². The zero-order chi connectivity index (χ0) is 16.5. The minimum atomic E-state index is -0.119. The lowest BCUT2D eigenvalue weighted by molar-refractivity contribution is -0.134. The largest absolute Gasteiger partial charge is 0.497 e. The zero-order valence-electron chi connectivity index (χ0n) is 13.4. The van der Waals surface area contributed by atoms with Gasteiger partial charge in [-0.05, 0) is 18.2 Å². The number of hydrogen-bond donors (Lipinski definition) is 0. The molecule has 23 heavy (non-hydrogen) atoms. The van der Waals surface area contributed by atoms with Crippen LogP contribution in [0.1, 0.15) is 5.56 Å². The molecule has 0 unspecified atom stereocenters. The molecule has 0 saturated carbocycles. The number of rotatable bonds is 9. The summed E-state index contributed by atoms with van der Waals surface area (Å²) in [6.07, 6.45) is 3.21. The number of hydrogen-bond acceptors (Lipinski definition) is 5. The van der Waals surface area contributed by atoms with Crippen LogP contribution in [0.5, 0.6) is 11.5 Å². The van der Waals surface area contributed by atoms with E-state index in [4.69, 9.17) is 18.6 Å². The molecule has 1 aromatic heterocycles. The summed E-state index contributed by atoms with van der Waals surface area (Å²) in [6, 6.07) is 8.98. The Morgan fingerprint density at radius 1 is 1.22 bits per heavy atom. The molecule has 0 aliphatic heterocycles. The molecule has 124 valence electrons. The summed E-state index contributed by atoms with van der Waals surface area (Å²) in [6.45, 7) is 1.36. The normalized spacial score (nSPS) is 10.3. The first-order chi connectivity index (χ1) is 11.2. The van der Waals surface area contributed by atoms with Gasteiger partial charge in [-0.2, -0.15) is 0 Å². The van der Waals surface area contributed by atoms with Crippen molar-refractivity contribution in [2.75, 3.05) is 34.0 Å². The SMILES string of the molecule is COCCN(Cc1ccoc1)C(=O)COc1cccc(OC)c1. The molecular formula is C17H21NO5. The molecule has 0 fully saturated rings. The van der Waals surface area contributed by atoms with Crippen molar-refractivity contribution >= 4 is 5.91 Å². The Balaban J connectivity index is 1.93. The first-order valence-electron chi connectivity index (χ1n) is 7.27. The van der Waals surface area contributed by atoms with Crippen LogP contribution >= 0.6 is 0 Å².